The molecule has 0 saturated heterocycles. The Balaban J connectivity index is 1.78. The second-order valence-electron chi connectivity index (χ2n) is 7.37. The number of amidine groups is 2. The zero-order valence-electron chi connectivity index (χ0n) is 17.2. The summed E-state index contributed by atoms with van der Waals surface area (Å²) in [6.07, 6.45) is 0. The summed E-state index contributed by atoms with van der Waals surface area (Å²) < 4.78 is 24.4. The van der Waals surface area contributed by atoms with Crippen LogP contribution in [0.3, 0.4) is 0 Å². The quantitative estimate of drug-likeness (QED) is 0.708. The lowest BCUT2D eigenvalue weighted by atomic mass is 10.0. The van der Waals surface area contributed by atoms with Gasteiger partial charge in [-0.3, -0.25) is 9.69 Å². The zero-order valence-corrected chi connectivity index (χ0v) is 18.0. The van der Waals surface area contributed by atoms with Crippen LogP contribution >= 0.6 is 11.8 Å². The van der Waals surface area contributed by atoms with Gasteiger partial charge in [0, 0.05) is 17.4 Å². The van der Waals surface area contributed by atoms with Gasteiger partial charge in [-0.2, -0.15) is 4.99 Å². The van der Waals surface area contributed by atoms with Gasteiger partial charge >= 0.3 is 0 Å². The topological polar surface area (TPSA) is 63.5 Å². The number of halogens is 1. The molecule has 0 spiro atoms. The highest BCUT2D eigenvalue weighted by Crippen LogP contribution is 2.42. The number of aliphatic imine (C=N–C) groups is 2. The molecule has 156 valence electrons. The van der Waals surface area contributed by atoms with Crippen molar-refractivity contribution >= 4 is 34.4 Å². The Kier molecular flexibility index (Phi) is 5.51. The molecule has 2 aromatic rings. The van der Waals surface area contributed by atoms with Crippen molar-refractivity contribution in [3.05, 3.63) is 53.3 Å². The highest BCUT2D eigenvalue weighted by atomic mass is 32.2. The van der Waals surface area contributed by atoms with E-state index in [1.54, 1.807) is 32.4 Å². The number of rotatable bonds is 5. The Morgan fingerprint density at radius 1 is 1.13 bits per heavy atom. The first kappa shape index (κ1) is 20.4. The van der Waals surface area contributed by atoms with Crippen molar-refractivity contribution < 1.29 is 18.7 Å². The maximum absolute atomic E-state index is 13.6. The first-order valence-corrected chi connectivity index (χ1v) is 10.6. The molecule has 0 unspecified atom stereocenters. The van der Waals surface area contributed by atoms with Gasteiger partial charge in [0.25, 0.3) is 5.91 Å². The summed E-state index contributed by atoms with van der Waals surface area (Å²) in [6.45, 7) is 3.97. The molecule has 0 saturated carbocycles. The lowest BCUT2D eigenvalue weighted by Crippen LogP contribution is -2.46. The van der Waals surface area contributed by atoms with Crippen molar-refractivity contribution in [2.45, 2.75) is 25.6 Å². The molecule has 0 bridgehead atoms. The predicted octanol–water partition coefficient (Wildman–Crippen LogP) is 4.39. The number of hydrogen-bond donors (Lipinski definition) is 0. The molecular weight excluding hydrogens is 405 g/mol. The summed E-state index contributed by atoms with van der Waals surface area (Å²) in [5.74, 6) is 1.74. The van der Waals surface area contributed by atoms with E-state index in [0.717, 1.165) is 11.1 Å². The molecule has 8 heteroatoms. The smallest absolute Gasteiger partial charge is 0.271 e. The largest absolute Gasteiger partial charge is 0.493 e. The summed E-state index contributed by atoms with van der Waals surface area (Å²) in [7, 11) is 3.13. The number of benzene rings is 2. The molecule has 2 aromatic carbocycles. The van der Waals surface area contributed by atoms with Crippen molar-refractivity contribution in [2.75, 3.05) is 14.2 Å². The molecule has 1 amide bonds. The third kappa shape index (κ3) is 3.56. The third-order valence-electron chi connectivity index (χ3n) is 5.03. The minimum absolute atomic E-state index is 0.0420. The summed E-state index contributed by atoms with van der Waals surface area (Å²) in [5.41, 5.74) is 2.21. The van der Waals surface area contributed by atoms with E-state index in [2.05, 4.69) is 4.99 Å². The molecule has 0 fully saturated rings. The standard InChI is InChI=1S/C22H22FN3O3S/c1-12(2)19-21(27)25-20-15-9-17(28-3)18(29-4)10-16(15)24-22(26(19)20)30-11-13-6-5-7-14(23)8-13/h5-10,12,19H,11H2,1-4H3/t19-/m0/s1. The number of methoxy groups -OCH3 is 2. The number of fused-ring (bicyclic) bond motifs is 3. The summed E-state index contributed by atoms with van der Waals surface area (Å²) in [6, 6.07) is 9.62. The number of thioether (sulfide) groups is 1. The van der Waals surface area contributed by atoms with Crippen molar-refractivity contribution in [1.29, 1.82) is 0 Å². The summed E-state index contributed by atoms with van der Waals surface area (Å²) in [4.78, 5) is 23.8. The van der Waals surface area contributed by atoms with E-state index in [1.165, 1.54) is 23.9 Å². The van der Waals surface area contributed by atoms with E-state index >= 15 is 0 Å². The molecule has 2 heterocycles. The Morgan fingerprint density at radius 2 is 1.87 bits per heavy atom. The first-order chi connectivity index (χ1) is 14.4. The van der Waals surface area contributed by atoms with Crippen LogP contribution in [-0.4, -0.2) is 42.1 Å². The van der Waals surface area contributed by atoms with Crippen LogP contribution in [0.5, 0.6) is 11.5 Å². The third-order valence-corrected chi connectivity index (χ3v) is 6.05. The second-order valence-corrected chi connectivity index (χ2v) is 8.31. The molecule has 2 aliphatic heterocycles. The lowest BCUT2D eigenvalue weighted by molar-refractivity contribution is -0.120. The van der Waals surface area contributed by atoms with E-state index < -0.39 is 6.04 Å². The number of hydrogen-bond acceptors (Lipinski definition) is 6. The molecule has 2 aliphatic rings. The molecule has 1 atom stereocenters. The minimum atomic E-state index is -0.431. The molecule has 0 radical (unpaired) electrons. The van der Waals surface area contributed by atoms with Crippen LogP contribution in [0, 0.1) is 11.7 Å². The summed E-state index contributed by atoms with van der Waals surface area (Å²) >= 11 is 1.45. The molecule has 0 aromatic heterocycles. The molecule has 0 aliphatic carbocycles. The van der Waals surface area contributed by atoms with Crippen molar-refractivity contribution in [1.82, 2.24) is 4.90 Å². The van der Waals surface area contributed by atoms with Crippen molar-refractivity contribution in [2.24, 2.45) is 15.9 Å². The van der Waals surface area contributed by atoms with Gasteiger partial charge in [-0.05, 0) is 29.7 Å². The fraction of sp³-hybridized carbons (Fsp3) is 0.318. The van der Waals surface area contributed by atoms with E-state index in [1.807, 2.05) is 24.8 Å². The first-order valence-electron chi connectivity index (χ1n) is 9.57. The van der Waals surface area contributed by atoms with E-state index in [9.17, 15) is 9.18 Å². The van der Waals surface area contributed by atoms with Gasteiger partial charge in [-0.25, -0.2) is 9.38 Å². The fourth-order valence-electron chi connectivity index (χ4n) is 3.62. The summed E-state index contributed by atoms with van der Waals surface area (Å²) in [5, 5.41) is 0.655. The van der Waals surface area contributed by atoms with Crippen LogP contribution in [0.25, 0.3) is 0 Å². The van der Waals surface area contributed by atoms with Crippen molar-refractivity contribution in [3.63, 3.8) is 0 Å². The SMILES string of the molecule is COc1cc2c(cc1OC)C1=NC(=O)[C@H](C(C)C)N1C(SCc1cccc(F)c1)=N2. The minimum Gasteiger partial charge on any atom is -0.493 e. The Morgan fingerprint density at radius 3 is 2.53 bits per heavy atom. The number of ether oxygens (including phenoxy) is 2. The average molecular weight is 428 g/mol. The molecule has 6 nitrogen and oxygen atoms in total. The van der Waals surface area contributed by atoms with Crippen LogP contribution in [0.4, 0.5) is 10.1 Å². The van der Waals surface area contributed by atoms with Gasteiger partial charge in [0.05, 0.1) is 19.9 Å². The predicted molar refractivity (Wildman–Crippen MR) is 116 cm³/mol. The average Bonchev–Trinajstić information content (AvgIpc) is 3.08. The van der Waals surface area contributed by atoms with Gasteiger partial charge < -0.3 is 9.47 Å². The van der Waals surface area contributed by atoms with E-state index in [0.29, 0.717) is 33.9 Å². The second kappa shape index (κ2) is 8.10. The Bertz CT molecular complexity index is 1070. The molecular formula is C22H22FN3O3S. The van der Waals surface area contributed by atoms with Crippen LogP contribution in [0.1, 0.15) is 25.0 Å². The maximum Gasteiger partial charge on any atom is 0.271 e. The van der Waals surface area contributed by atoms with Crippen LogP contribution in [-0.2, 0) is 10.5 Å². The van der Waals surface area contributed by atoms with Gasteiger partial charge in [-0.1, -0.05) is 37.7 Å². The van der Waals surface area contributed by atoms with Crippen LogP contribution in [0.15, 0.2) is 46.4 Å². The highest BCUT2D eigenvalue weighted by Gasteiger charge is 2.43. The highest BCUT2D eigenvalue weighted by molar-refractivity contribution is 8.13. The van der Waals surface area contributed by atoms with Crippen LogP contribution < -0.4 is 9.47 Å². The Hall–Kier alpha value is -2.87. The van der Waals surface area contributed by atoms with Gasteiger partial charge in [-0.15, -0.1) is 0 Å². The molecule has 4 rings (SSSR count). The van der Waals surface area contributed by atoms with E-state index in [-0.39, 0.29) is 17.6 Å². The normalized spacial score (nSPS) is 17.5. The molecule has 0 N–H and O–H groups in total. The van der Waals surface area contributed by atoms with Crippen molar-refractivity contribution in [3.8, 4) is 11.5 Å². The van der Waals surface area contributed by atoms with Gasteiger partial charge in [0.1, 0.15) is 17.7 Å². The number of carbonyl (C=O) groups excluding carboxylic acids is 1. The number of carbonyl (C=O) groups is 1. The Labute approximate surface area is 178 Å². The van der Waals surface area contributed by atoms with Gasteiger partial charge in [0.15, 0.2) is 16.7 Å². The van der Waals surface area contributed by atoms with E-state index in [4.69, 9.17) is 14.5 Å². The number of nitrogens with zero attached hydrogens (tertiary/aromatic N) is 3. The number of amides is 1. The maximum atomic E-state index is 13.6. The lowest BCUT2D eigenvalue weighted by Gasteiger charge is -2.33. The fourth-order valence-corrected chi connectivity index (χ4v) is 4.60. The molecule has 30 heavy (non-hydrogen) atoms. The zero-order chi connectivity index (χ0) is 21.4. The van der Waals surface area contributed by atoms with Crippen LogP contribution in [0.2, 0.25) is 0 Å². The monoisotopic (exact) mass is 427 g/mol. The van der Waals surface area contributed by atoms with Gasteiger partial charge in [0.2, 0.25) is 0 Å².